The molecule has 0 saturated heterocycles. The molecule has 0 aliphatic heterocycles. The monoisotopic (exact) mass is 364 g/mol. The molecule has 0 unspecified atom stereocenters. The molecule has 0 bridgehead atoms. The Morgan fingerprint density at radius 2 is 1.96 bits per heavy atom. The predicted octanol–water partition coefficient (Wildman–Crippen LogP) is 3.05. The number of nitrogen functional groups attached to an aromatic ring is 1. The first-order valence-electron chi connectivity index (χ1n) is 8.75. The van der Waals surface area contributed by atoms with Crippen LogP contribution >= 0.6 is 0 Å². The maximum Gasteiger partial charge on any atom is 0.226 e. The summed E-state index contributed by atoms with van der Waals surface area (Å²) in [4.78, 5) is 13.5. The molecule has 0 aliphatic carbocycles. The fourth-order valence-electron chi connectivity index (χ4n) is 3.03. The lowest BCUT2D eigenvalue weighted by molar-refractivity contribution is 0.475. The largest absolute Gasteiger partial charge is 0.508 e. The van der Waals surface area contributed by atoms with Crippen LogP contribution in [0.25, 0.3) is 22.7 Å². The molecule has 27 heavy (non-hydrogen) atoms. The Labute approximate surface area is 155 Å². The highest BCUT2D eigenvalue weighted by atomic mass is 16.3. The van der Waals surface area contributed by atoms with Gasteiger partial charge in [0.15, 0.2) is 23.0 Å². The molecule has 0 saturated carbocycles. The third-order valence-corrected chi connectivity index (χ3v) is 4.32. The molecule has 0 amide bonds. The average Bonchev–Trinajstić information content (AvgIpc) is 3.30. The number of nitrogens with two attached hydrogens (primary N) is 1. The molecule has 8 nitrogen and oxygen atoms in total. The summed E-state index contributed by atoms with van der Waals surface area (Å²) in [5, 5.41) is 12.5. The lowest BCUT2D eigenvalue weighted by Crippen LogP contribution is -2.10. The van der Waals surface area contributed by atoms with Crippen molar-refractivity contribution in [3.63, 3.8) is 0 Å². The summed E-state index contributed by atoms with van der Waals surface area (Å²) in [5.41, 5.74) is 8.52. The normalized spacial score (nSPS) is 11.1. The zero-order chi connectivity index (χ0) is 18.8. The number of hydrogen-bond acceptors (Lipinski definition) is 7. The summed E-state index contributed by atoms with van der Waals surface area (Å²) in [5.74, 6) is 2.41. The Kier molecular flexibility index (Phi) is 4.37. The molecule has 4 aromatic rings. The van der Waals surface area contributed by atoms with Crippen LogP contribution in [-0.4, -0.2) is 31.2 Å². The van der Waals surface area contributed by atoms with E-state index in [0.717, 1.165) is 12.0 Å². The maximum atomic E-state index is 9.34. The molecule has 0 radical (unpaired) electrons. The van der Waals surface area contributed by atoms with E-state index in [2.05, 4.69) is 20.3 Å². The number of nitrogens with zero attached hydrogens (tertiary/aromatic N) is 4. The van der Waals surface area contributed by atoms with Gasteiger partial charge in [-0.25, -0.2) is 4.98 Å². The lowest BCUT2D eigenvalue weighted by atomic mass is 10.1. The Morgan fingerprint density at radius 3 is 2.67 bits per heavy atom. The van der Waals surface area contributed by atoms with Crippen molar-refractivity contribution >= 4 is 22.9 Å². The summed E-state index contributed by atoms with van der Waals surface area (Å²) in [6.45, 7) is 3.32. The molecule has 3 aromatic heterocycles. The number of benzene rings is 1. The van der Waals surface area contributed by atoms with E-state index in [1.807, 2.05) is 35.8 Å². The fourth-order valence-corrected chi connectivity index (χ4v) is 3.03. The van der Waals surface area contributed by atoms with E-state index in [9.17, 15) is 5.11 Å². The van der Waals surface area contributed by atoms with Crippen LogP contribution in [0.1, 0.15) is 12.5 Å². The quantitative estimate of drug-likeness (QED) is 0.481. The molecule has 0 atom stereocenters. The van der Waals surface area contributed by atoms with E-state index in [1.54, 1.807) is 18.4 Å². The van der Waals surface area contributed by atoms with Crippen LogP contribution in [-0.2, 0) is 13.0 Å². The number of hydrogen-bond donors (Lipinski definition) is 3. The molecule has 0 spiro atoms. The van der Waals surface area contributed by atoms with Gasteiger partial charge >= 0.3 is 0 Å². The van der Waals surface area contributed by atoms with Gasteiger partial charge < -0.3 is 25.1 Å². The minimum Gasteiger partial charge on any atom is -0.508 e. The van der Waals surface area contributed by atoms with Crippen LogP contribution in [0.15, 0.2) is 47.1 Å². The zero-order valence-corrected chi connectivity index (χ0v) is 14.9. The summed E-state index contributed by atoms with van der Waals surface area (Å²) in [6.07, 6.45) is 2.38. The third kappa shape index (κ3) is 3.29. The first kappa shape index (κ1) is 16.9. The standard InChI is InChI=1S/C19H20N6O2/c1-2-25-15-16(20)22-19(21-10-9-12-5-7-13(26)8-6-12)24-17(15)23-18(25)14-4-3-11-27-14/h3-8,11,26H,2,9-10H2,1H3,(H3,20,21,22,24). The zero-order valence-electron chi connectivity index (χ0n) is 14.9. The maximum absolute atomic E-state index is 9.34. The molecule has 1 aromatic carbocycles. The highest BCUT2D eigenvalue weighted by Crippen LogP contribution is 2.27. The number of furan rings is 1. The van der Waals surface area contributed by atoms with Crippen molar-refractivity contribution in [1.29, 1.82) is 0 Å². The smallest absolute Gasteiger partial charge is 0.226 e. The molecule has 0 fully saturated rings. The number of fused-ring (bicyclic) bond motifs is 1. The van der Waals surface area contributed by atoms with Crippen molar-refractivity contribution in [1.82, 2.24) is 19.5 Å². The number of imidazole rings is 1. The first-order valence-corrected chi connectivity index (χ1v) is 8.75. The number of aromatic nitrogens is 4. The highest BCUT2D eigenvalue weighted by Gasteiger charge is 2.18. The van der Waals surface area contributed by atoms with Gasteiger partial charge in [0.1, 0.15) is 11.3 Å². The Balaban J connectivity index is 1.58. The number of rotatable bonds is 6. The van der Waals surface area contributed by atoms with E-state index < -0.39 is 0 Å². The van der Waals surface area contributed by atoms with Gasteiger partial charge in [0.2, 0.25) is 5.95 Å². The van der Waals surface area contributed by atoms with Crippen molar-refractivity contribution < 1.29 is 9.52 Å². The predicted molar refractivity (Wildman–Crippen MR) is 103 cm³/mol. The minimum absolute atomic E-state index is 0.257. The van der Waals surface area contributed by atoms with Crippen molar-refractivity contribution in [2.45, 2.75) is 19.9 Å². The molecule has 8 heteroatoms. The van der Waals surface area contributed by atoms with Gasteiger partial charge in [0.25, 0.3) is 0 Å². The highest BCUT2D eigenvalue weighted by molar-refractivity contribution is 5.86. The van der Waals surface area contributed by atoms with Gasteiger partial charge in [-0.3, -0.25) is 0 Å². The van der Waals surface area contributed by atoms with Gasteiger partial charge in [0, 0.05) is 13.1 Å². The second-order valence-electron chi connectivity index (χ2n) is 6.10. The van der Waals surface area contributed by atoms with E-state index in [1.165, 1.54) is 0 Å². The minimum atomic E-state index is 0.257. The van der Waals surface area contributed by atoms with Crippen molar-refractivity contribution in [3.8, 4) is 17.3 Å². The van der Waals surface area contributed by atoms with Gasteiger partial charge in [-0.2, -0.15) is 9.97 Å². The summed E-state index contributed by atoms with van der Waals surface area (Å²) in [6, 6.07) is 10.8. The van der Waals surface area contributed by atoms with E-state index in [4.69, 9.17) is 10.2 Å². The summed E-state index contributed by atoms with van der Waals surface area (Å²) >= 11 is 0. The van der Waals surface area contributed by atoms with Gasteiger partial charge in [-0.1, -0.05) is 12.1 Å². The van der Waals surface area contributed by atoms with Crippen LogP contribution in [0.4, 0.5) is 11.8 Å². The summed E-state index contributed by atoms with van der Waals surface area (Å²) in [7, 11) is 0. The molecular formula is C19H20N6O2. The van der Waals surface area contributed by atoms with Crippen LogP contribution < -0.4 is 11.1 Å². The number of nitrogens with one attached hydrogen (secondary N) is 1. The Hall–Kier alpha value is -3.55. The third-order valence-electron chi connectivity index (χ3n) is 4.32. The molecular weight excluding hydrogens is 344 g/mol. The topological polar surface area (TPSA) is 115 Å². The molecule has 3 heterocycles. The molecule has 138 valence electrons. The summed E-state index contributed by atoms with van der Waals surface area (Å²) < 4.78 is 7.43. The second kappa shape index (κ2) is 6.99. The number of phenolic OH excluding ortho intramolecular Hbond substituents is 1. The van der Waals surface area contributed by atoms with Crippen molar-refractivity contribution in [2.75, 3.05) is 17.6 Å². The van der Waals surface area contributed by atoms with Gasteiger partial charge in [0.05, 0.1) is 6.26 Å². The number of phenols is 1. The fraction of sp³-hybridized carbons (Fsp3) is 0.211. The van der Waals surface area contributed by atoms with Crippen molar-refractivity contribution in [2.24, 2.45) is 0 Å². The van der Waals surface area contributed by atoms with Crippen molar-refractivity contribution in [3.05, 3.63) is 48.2 Å². The van der Waals surface area contributed by atoms with Crippen LogP contribution in [0, 0.1) is 0 Å². The Morgan fingerprint density at radius 1 is 1.15 bits per heavy atom. The van der Waals surface area contributed by atoms with Crippen LogP contribution in [0.2, 0.25) is 0 Å². The van der Waals surface area contributed by atoms with Gasteiger partial charge in [-0.15, -0.1) is 0 Å². The van der Waals surface area contributed by atoms with E-state index in [0.29, 0.717) is 47.6 Å². The number of aromatic hydroxyl groups is 1. The molecule has 4 N–H and O–H groups in total. The SMILES string of the molecule is CCn1c(-c2ccco2)nc2nc(NCCc3ccc(O)cc3)nc(N)c21. The first-order chi connectivity index (χ1) is 13.2. The lowest BCUT2D eigenvalue weighted by Gasteiger charge is -2.08. The second-order valence-corrected chi connectivity index (χ2v) is 6.10. The average molecular weight is 364 g/mol. The number of aryl methyl sites for hydroxylation is 1. The van der Waals surface area contributed by atoms with Gasteiger partial charge in [-0.05, 0) is 43.2 Å². The Bertz CT molecular complexity index is 1050. The molecule has 4 rings (SSSR count). The van der Waals surface area contributed by atoms with Crippen LogP contribution in [0.5, 0.6) is 5.75 Å². The van der Waals surface area contributed by atoms with Crippen LogP contribution in [0.3, 0.4) is 0 Å². The molecule has 0 aliphatic rings. The van der Waals surface area contributed by atoms with E-state index in [-0.39, 0.29) is 5.75 Å². The van der Waals surface area contributed by atoms with E-state index >= 15 is 0 Å². The number of anilines is 2.